The van der Waals surface area contributed by atoms with E-state index in [4.69, 9.17) is 12.2 Å². The Bertz CT molecular complexity index is 1160. The summed E-state index contributed by atoms with van der Waals surface area (Å²) in [6.45, 7) is 2.36. The Labute approximate surface area is 169 Å². The van der Waals surface area contributed by atoms with Gasteiger partial charge in [0.15, 0.2) is 4.77 Å². The Morgan fingerprint density at radius 3 is 2.93 bits per heavy atom. The quantitative estimate of drug-likeness (QED) is 0.563. The van der Waals surface area contributed by atoms with Gasteiger partial charge in [-0.3, -0.25) is 14.8 Å². The number of halogens is 3. The summed E-state index contributed by atoms with van der Waals surface area (Å²) in [6, 6.07) is 3.53. The van der Waals surface area contributed by atoms with E-state index in [9.17, 15) is 18.0 Å². The SMILES string of the molecule is C[C@@]1(c2cnccc2Cn2c(=S)[nH]c(=O)c3[nH]ccc32)C[C@@H](C(F)(F)F)CCN1. The number of alkyl halides is 3. The maximum absolute atomic E-state index is 13.4. The van der Waals surface area contributed by atoms with E-state index in [1.54, 1.807) is 42.2 Å². The molecule has 1 aliphatic rings. The molecule has 4 rings (SSSR count). The lowest BCUT2D eigenvalue weighted by Crippen LogP contribution is -2.49. The van der Waals surface area contributed by atoms with Crippen molar-refractivity contribution in [2.24, 2.45) is 5.92 Å². The van der Waals surface area contributed by atoms with Crippen molar-refractivity contribution in [2.75, 3.05) is 6.54 Å². The average molecular weight is 423 g/mol. The van der Waals surface area contributed by atoms with Crippen LogP contribution in [0, 0.1) is 10.7 Å². The number of nitrogens with zero attached hydrogens (tertiary/aromatic N) is 2. The third kappa shape index (κ3) is 3.62. The Morgan fingerprint density at radius 2 is 2.17 bits per heavy atom. The van der Waals surface area contributed by atoms with Crippen LogP contribution in [-0.4, -0.2) is 32.2 Å². The molecular formula is C19H20F3N5OS. The van der Waals surface area contributed by atoms with E-state index in [0.717, 1.165) is 5.56 Å². The number of pyridine rings is 1. The van der Waals surface area contributed by atoms with Crippen LogP contribution in [0.2, 0.25) is 0 Å². The van der Waals surface area contributed by atoms with E-state index in [-0.39, 0.29) is 29.7 Å². The van der Waals surface area contributed by atoms with Crippen molar-refractivity contribution in [1.29, 1.82) is 0 Å². The molecule has 1 aliphatic heterocycles. The predicted molar refractivity (Wildman–Crippen MR) is 105 cm³/mol. The molecule has 4 heterocycles. The van der Waals surface area contributed by atoms with E-state index >= 15 is 0 Å². The molecular weight excluding hydrogens is 403 g/mol. The predicted octanol–water partition coefficient (Wildman–Crippen LogP) is 3.61. The maximum Gasteiger partial charge on any atom is 0.391 e. The number of hydrogen-bond donors (Lipinski definition) is 3. The normalized spacial score (nSPS) is 22.8. The summed E-state index contributed by atoms with van der Waals surface area (Å²) in [6.07, 6.45) is 0.636. The zero-order chi connectivity index (χ0) is 20.8. The molecule has 3 N–H and O–H groups in total. The standard InChI is InChI=1S/C19H20F3N5OS/c1-18(8-12(3-7-25-18)19(20,21)22)13-9-23-5-2-11(13)10-27-14-4-6-24-15(14)16(28)26-17(27)29/h2,4-6,9,12,24-25H,3,7-8,10H2,1H3,(H,26,28,29)/t12-,18-/m0/s1. The molecule has 0 amide bonds. The number of aromatic nitrogens is 4. The van der Waals surface area contributed by atoms with Crippen LogP contribution in [0.15, 0.2) is 35.5 Å². The van der Waals surface area contributed by atoms with Crippen molar-refractivity contribution >= 4 is 23.3 Å². The van der Waals surface area contributed by atoms with Crippen molar-refractivity contribution < 1.29 is 13.2 Å². The number of hydrogen-bond acceptors (Lipinski definition) is 4. The minimum atomic E-state index is -4.23. The highest BCUT2D eigenvalue weighted by Gasteiger charge is 2.46. The van der Waals surface area contributed by atoms with Crippen LogP contribution >= 0.6 is 12.2 Å². The van der Waals surface area contributed by atoms with Gasteiger partial charge in [-0.1, -0.05) is 0 Å². The van der Waals surface area contributed by atoms with Gasteiger partial charge in [-0.2, -0.15) is 13.2 Å². The van der Waals surface area contributed by atoms with Crippen LogP contribution in [-0.2, 0) is 12.1 Å². The van der Waals surface area contributed by atoms with Gasteiger partial charge in [0.2, 0.25) is 0 Å². The maximum atomic E-state index is 13.4. The molecule has 0 aromatic carbocycles. The van der Waals surface area contributed by atoms with Gasteiger partial charge in [-0.25, -0.2) is 0 Å². The molecule has 0 unspecified atom stereocenters. The highest BCUT2D eigenvalue weighted by molar-refractivity contribution is 7.71. The van der Waals surface area contributed by atoms with Crippen LogP contribution < -0.4 is 10.9 Å². The van der Waals surface area contributed by atoms with Gasteiger partial charge in [0.25, 0.3) is 5.56 Å². The lowest BCUT2D eigenvalue weighted by molar-refractivity contribution is -0.187. The molecule has 10 heteroatoms. The molecule has 0 radical (unpaired) electrons. The molecule has 0 spiro atoms. The summed E-state index contributed by atoms with van der Waals surface area (Å²) < 4.78 is 42.1. The monoisotopic (exact) mass is 423 g/mol. The Kier molecular flexibility index (Phi) is 4.86. The molecule has 1 fully saturated rings. The topological polar surface area (TPSA) is 78.5 Å². The zero-order valence-electron chi connectivity index (χ0n) is 15.6. The number of H-pyrrole nitrogens is 2. The molecule has 0 bridgehead atoms. The lowest BCUT2D eigenvalue weighted by atomic mass is 9.77. The van der Waals surface area contributed by atoms with Crippen LogP contribution in [0.5, 0.6) is 0 Å². The van der Waals surface area contributed by atoms with E-state index in [0.29, 0.717) is 23.1 Å². The number of nitrogens with one attached hydrogen (secondary N) is 3. The number of piperidine rings is 1. The first-order chi connectivity index (χ1) is 13.7. The Hall–Kier alpha value is -2.46. The molecule has 3 aromatic heterocycles. The fourth-order valence-electron chi connectivity index (χ4n) is 4.16. The van der Waals surface area contributed by atoms with Crippen molar-refractivity contribution in [2.45, 2.75) is 38.0 Å². The molecule has 0 aliphatic carbocycles. The highest BCUT2D eigenvalue weighted by Crippen LogP contribution is 2.42. The van der Waals surface area contributed by atoms with Crippen molar-refractivity contribution in [3.8, 4) is 0 Å². The third-order valence-electron chi connectivity index (χ3n) is 5.67. The second-order valence-corrected chi connectivity index (χ2v) is 7.99. The minimum absolute atomic E-state index is 0.0592. The van der Waals surface area contributed by atoms with Crippen molar-refractivity contribution in [1.82, 2.24) is 24.8 Å². The van der Waals surface area contributed by atoms with Gasteiger partial charge in [0.1, 0.15) is 5.52 Å². The summed E-state index contributed by atoms with van der Waals surface area (Å²) in [5, 5.41) is 3.26. The van der Waals surface area contributed by atoms with Crippen LogP contribution in [0.1, 0.15) is 30.9 Å². The molecule has 6 nitrogen and oxygen atoms in total. The first-order valence-electron chi connectivity index (χ1n) is 9.24. The molecule has 29 heavy (non-hydrogen) atoms. The van der Waals surface area contributed by atoms with Gasteiger partial charge < -0.3 is 14.9 Å². The average Bonchev–Trinajstić information content (AvgIpc) is 3.15. The zero-order valence-corrected chi connectivity index (χ0v) is 16.5. The summed E-state index contributed by atoms with van der Waals surface area (Å²) in [5.74, 6) is -1.37. The third-order valence-corrected chi connectivity index (χ3v) is 5.99. The second-order valence-electron chi connectivity index (χ2n) is 7.61. The largest absolute Gasteiger partial charge is 0.391 e. The van der Waals surface area contributed by atoms with Gasteiger partial charge in [-0.15, -0.1) is 0 Å². The molecule has 0 saturated carbocycles. The number of aromatic amines is 2. The molecule has 2 atom stereocenters. The van der Waals surface area contributed by atoms with E-state index in [2.05, 4.69) is 20.3 Å². The fourth-order valence-corrected chi connectivity index (χ4v) is 4.42. The summed E-state index contributed by atoms with van der Waals surface area (Å²) >= 11 is 5.34. The van der Waals surface area contributed by atoms with Gasteiger partial charge in [0.05, 0.1) is 18.0 Å². The number of rotatable bonds is 3. The van der Waals surface area contributed by atoms with Gasteiger partial charge >= 0.3 is 6.18 Å². The first-order valence-corrected chi connectivity index (χ1v) is 9.65. The highest BCUT2D eigenvalue weighted by atomic mass is 32.1. The molecule has 1 saturated heterocycles. The van der Waals surface area contributed by atoms with Gasteiger partial charge in [0, 0.05) is 24.1 Å². The fraction of sp³-hybridized carbons (Fsp3) is 0.421. The van der Waals surface area contributed by atoms with Crippen LogP contribution in [0.25, 0.3) is 11.0 Å². The Balaban J connectivity index is 1.77. The van der Waals surface area contributed by atoms with Crippen molar-refractivity contribution in [3.05, 3.63) is 57.0 Å². The summed E-state index contributed by atoms with van der Waals surface area (Å²) in [5.41, 5.74) is 1.35. The lowest BCUT2D eigenvalue weighted by Gasteiger charge is -2.41. The van der Waals surface area contributed by atoms with Crippen LogP contribution in [0.4, 0.5) is 13.2 Å². The smallest absolute Gasteiger partial charge is 0.355 e. The summed E-state index contributed by atoms with van der Waals surface area (Å²) in [7, 11) is 0. The Morgan fingerprint density at radius 1 is 1.38 bits per heavy atom. The number of fused-ring (bicyclic) bond motifs is 1. The summed E-state index contributed by atoms with van der Waals surface area (Å²) in [4.78, 5) is 21.8. The minimum Gasteiger partial charge on any atom is -0.355 e. The van der Waals surface area contributed by atoms with Crippen LogP contribution in [0.3, 0.4) is 0 Å². The molecule has 3 aromatic rings. The second kappa shape index (κ2) is 7.10. The van der Waals surface area contributed by atoms with Crippen molar-refractivity contribution in [3.63, 3.8) is 0 Å². The van der Waals surface area contributed by atoms with E-state index in [1.165, 1.54) is 0 Å². The van der Waals surface area contributed by atoms with E-state index in [1.807, 2.05) is 0 Å². The molecule has 154 valence electrons. The van der Waals surface area contributed by atoms with E-state index < -0.39 is 17.6 Å². The van der Waals surface area contributed by atoms with Gasteiger partial charge in [-0.05, 0) is 61.8 Å². The first kappa shape index (κ1) is 19.8.